The van der Waals surface area contributed by atoms with Crippen LogP contribution in [-0.4, -0.2) is 56.7 Å². The van der Waals surface area contributed by atoms with E-state index in [1.54, 1.807) is 19.0 Å². The van der Waals surface area contributed by atoms with E-state index < -0.39 is 0 Å². The summed E-state index contributed by atoms with van der Waals surface area (Å²) < 4.78 is 4.98. The van der Waals surface area contributed by atoms with E-state index in [1.807, 2.05) is 54.6 Å². The minimum atomic E-state index is -0.314. The van der Waals surface area contributed by atoms with Crippen LogP contribution < -0.4 is 15.5 Å². The molecule has 1 aliphatic rings. The molecule has 0 aromatic heterocycles. The predicted molar refractivity (Wildman–Crippen MR) is 132 cm³/mol. The summed E-state index contributed by atoms with van der Waals surface area (Å²) in [5.74, 6) is 0.521. The highest BCUT2D eigenvalue weighted by Gasteiger charge is 2.23. The SMILES string of the molecule is CN(C)C(=O)CNC(=NCc1ccccc1)NCc1ccc(N2CCOC2=O)cc1.I. The molecule has 0 aliphatic carbocycles. The summed E-state index contributed by atoms with van der Waals surface area (Å²) in [6.45, 7) is 2.17. The fourth-order valence-electron chi connectivity index (χ4n) is 2.85. The Morgan fingerprint density at radius 2 is 1.77 bits per heavy atom. The lowest BCUT2D eigenvalue weighted by atomic mass is 10.2. The Labute approximate surface area is 199 Å². The Morgan fingerprint density at radius 1 is 1.06 bits per heavy atom. The molecule has 2 aromatic rings. The number of guanidine groups is 1. The zero-order valence-corrected chi connectivity index (χ0v) is 20.0. The van der Waals surface area contributed by atoms with Gasteiger partial charge in [-0.3, -0.25) is 9.69 Å². The minimum Gasteiger partial charge on any atom is -0.447 e. The van der Waals surface area contributed by atoms with Crippen LogP contribution in [0.5, 0.6) is 0 Å². The fourth-order valence-corrected chi connectivity index (χ4v) is 2.85. The number of benzene rings is 2. The summed E-state index contributed by atoms with van der Waals surface area (Å²) >= 11 is 0. The van der Waals surface area contributed by atoms with Crippen LogP contribution in [0.15, 0.2) is 59.6 Å². The van der Waals surface area contributed by atoms with Gasteiger partial charge in [0.1, 0.15) is 6.61 Å². The van der Waals surface area contributed by atoms with Crippen molar-refractivity contribution in [2.24, 2.45) is 4.99 Å². The van der Waals surface area contributed by atoms with E-state index in [0.717, 1.165) is 16.8 Å². The second-order valence-electron chi connectivity index (χ2n) is 7.08. The monoisotopic (exact) mass is 537 g/mol. The Bertz CT molecular complexity index is 888. The first-order valence-electron chi connectivity index (χ1n) is 9.82. The van der Waals surface area contributed by atoms with Gasteiger partial charge in [-0.2, -0.15) is 0 Å². The number of rotatable bonds is 7. The average molecular weight is 537 g/mol. The van der Waals surface area contributed by atoms with E-state index in [1.165, 1.54) is 4.90 Å². The van der Waals surface area contributed by atoms with Crippen molar-refractivity contribution in [3.63, 3.8) is 0 Å². The molecule has 1 saturated heterocycles. The number of carbonyl (C=O) groups is 2. The molecular weight excluding hydrogens is 509 g/mol. The second kappa shape index (κ2) is 12.1. The highest BCUT2D eigenvalue weighted by Crippen LogP contribution is 2.19. The van der Waals surface area contributed by atoms with Crippen molar-refractivity contribution >= 4 is 47.6 Å². The zero-order chi connectivity index (χ0) is 21.3. The largest absolute Gasteiger partial charge is 0.447 e. The fraction of sp³-hybridized carbons (Fsp3) is 0.318. The normalized spacial score (nSPS) is 13.3. The number of nitrogens with zero attached hydrogens (tertiary/aromatic N) is 3. The van der Waals surface area contributed by atoms with Gasteiger partial charge in [0, 0.05) is 26.3 Å². The predicted octanol–water partition coefficient (Wildman–Crippen LogP) is 2.58. The third-order valence-electron chi connectivity index (χ3n) is 4.64. The standard InChI is InChI=1S/C22H27N5O3.HI/c1-26(2)20(28)16-25-21(23-14-17-6-4-3-5-7-17)24-15-18-8-10-19(11-9-18)27-12-13-30-22(27)29;/h3-11H,12-16H2,1-2H3,(H2,23,24,25);1H. The van der Waals surface area contributed by atoms with E-state index in [9.17, 15) is 9.59 Å². The first kappa shape index (κ1) is 24.4. The molecule has 2 aromatic carbocycles. The van der Waals surface area contributed by atoms with E-state index in [0.29, 0.717) is 32.2 Å². The third-order valence-corrected chi connectivity index (χ3v) is 4.64. The molecule has 8 nitrogen and oxygen atoms in total. The van der Waals surface area contributed by atoms with Crippen molar-refractivity contribution in [2.75, 3.05) is 38.7 Å². The van der Waals surface area contributed by atoms with Crippen LogP contribution in [0.3, 0.4) is 0 Å². The van der Waals surface area contributed by atoms with Crippen LogP contribution in [0, 0.1) is 0 Å². The van der Waals surface area contributed by atoms with E-state index in [2.05, 4.69) is 15.6 Å². The molecule has 0 spiro atoms. The van der Waals surface area contributed by atoms with Crippen molar-refractivity contribution in [1.82, 2.24) is 15.5 Å². The van der Waals surface area contributed by atoms with Crippen LogP contribution in [0.2, 0.25) is 0 Å². The Balaban J connectivity index is 0.00000341. The molecule has 0 bridgehead atoms. The van der Waals surface area contributed by atoms with Gasteiger partial charge < -0.3 is 20.3 Å². The summed E-state index contributed by atoms with van der Waals surface area (Å²) in [6.07, 6.45) is -0.314. The highest BCUT2D eigenvalue weighted by atomic mass is 127. The lowest BCUT2D eigenvalue weighted by molar-refractivity contribution is -0.127. The number of amides is 2. The summed E-state index contributed by atoms with van der Waals surface area (Å²) in [7, 11) is 3.44. The number of cyclic esters (lactones) is 1. The number of ether oxygens (including phenoxy) is 1. The number of likely N-dealkylation sites (N-methyl/N-ethyl adjacent to an activating group) is 1. The minimum absolute atomic E-state index is 0. The van der Waals surface area contributed by atoms with Gasteiger partial charge in [0.25, 0.3) is 0 Å². The Hall–Kier alpha value is -2.82. The number of carbonyl (C=O) groups excluding carboxylic acids is 2. The molecule has 31 heavy (non-hydrogen) atoms. The van der Waals surface area contributed by atoms with Gasteiger partial charge in [0.2, 0.25) is 5.91 Å². The van der Waals surface area contributed by atoms with E-state index in [4.69, 9.17) is 4.74 Å². The van der Waals surface area contributed by atoms with Crippen LogP contribution in [0.4, 0.5) is 10.5 Å². The molecule has 166 valence electrons. The molecule has 1 fully saturated rings. The molecule has 0 atom stereocenters. The molecule has 1 aliphatic heterocycles. The maximum Gasteiger partial charge on any atom is 0.414 e. The van der Waals surface area contributed by atoms with Crippen molar-refractivity contribution in [1.29, 1.82) is 0 Å². The molecule has 0 radical (unpaired) electrons. The topological polar surface area (TPSA) is 86.3 Å². The Kier molecular flexibility index (Phi) is 9.57. The lowest BCUT2D eigenvalue weighted by Crippen LogP contribution is -2.42. The quantitative estimate of drug-likeness (QED) is 0.322. The second-order valence-corrected chi connectivity index (χ2v) is 7.08. The molecule has 0 saturated carbocycles. The van der Waals surface area contributed by atoms with Gasteiger partial charge in [-0.05, 0) is 23.3 Å². The Morgan fingerprint density at radius 3 is 2.39 bits per heavy atom. The molecule has 0 unspecified atom stereocenters. The van der Waals surface area contributed by atoms with Gasteiger partial charge >= 0.3 is 6.09 Å². The first-order chi connectivity index (χ1) is 14.5. The lowest BCUT2D eigenvalue weighted by Gasteiger charge is -2.16. The zero-order valence-electron chi connectivity index (χ0n) is 17.7. The number of hydrogen-bond acceptors (Lipinski definition) is 4. The average Bonchev–Trinajstić information content (AvgIpc) is 3.19. The molecule has 1 heterocycles. The number of aliphatic imine (C=N–C) groups is 1. The summed E-state index contributed by atoms with van der Waals surface area (Å²) in [4.78, 5) is 31.3. The van der Waals surface area contributed by atoms with Crippen molar-refractivity contribution < 1.29 is 14.3 Å². The molecule has 2 N–H and O–H groups in total. The van der Waals surface area contributed by atoms with Crippen LogP contribution in [0.1, 0.15) is 11.1 Å². The first-order valence-corrected chi connectivity index (χ1v) is 9.82. The number of halogens is 1. The number of anilines is 1. The van der Waals surface area contributed by atoms with Crippen LogP contribution >= 0.6 is 24.0 Å². The highest BCUT2D eigenvalue weighted by molar-refractivity contribution is 14.0. The number of nitrogens with one attached hydrogen (secondary N) is 2. The van der Waals surface area contributed by atoms with Crippen LogP contribution in [-0.2, 0) is 22.6 Å². The van der Waals surface area contributed by atoms with Crippen molar-refractivity contribution in [3.05, 3.63) is 65.7 Å². The third kappa shape index (κ3) is 7.42. The van der Waals surface area contributed by atoms with E-state index in [-0.39, 0.29) is 42.5 Å². The van der Waals surface area contributed by atoms with Gasteiger partial charge in [0.05, 0.1) is 19.6 Å². The molecule has 9 heteroatoms. The smallest absolute Gasteiger partial charge is 0.414 e. The van der Waals surface area contributed by atoms with Gasteiger partial charge in [-0.1, -0.05) is 42.5 Å². The van der Waals surface area contributed by atoms with E-state index >= 15 is 0 Å². The molecule has 3 rings (SSSR count). The van der Waals surface area contributed by atoms with Crippen molar-refractivity contribution in [2.45, 2.75) is 13.1 Å². The summed E-state index contributed by atoms with van der Waals surface area (Å²) in [5.41, 5.74) is 2.92. The van der Waals surface area contributed by atoms with Gasteiger partial charge in [0.15, 0.2) is 5.96 Å². The summed E-state index contributed by atoms with van der Waals surface area (Å²) in [5, 5.41) is 6.34. The maximum absolute atomic E-state index is 11.9. The number of hydrogen-bond donors (Lipinski definition) is 2. The molecular formula is C22H28IN5O3. The molecule has 2 amide bonds. The van der Waals surface area contributed by atoms with Gasteiger partial charge in [-0.15, -0.1) is 24.0 Å². The van der Waals surface area contributed by atoms with Crippen LogP contribution in [0.25, 0.3) is 0 Å². The maximum atomic E-state index is 11.9. The van der Waals surface area contributed by atoms with Gasteiger partial charge in [-0.25, -0.2) is 9.79 Å². The van der Waals surface area contributed by atoms with Crippen molar-refractivity contribution in [3.8, 4) is 0 Å². The summed E-state index contributed by atoms with van der Waals surface area (Å²) in [6, 6.07) is 17.6.